The fourth-order valence-corrected chi connectivity index (χ4v) is 2.66. The van der Waals surface area contributed by atoms with E-state index in [1.807, 2.05) is 0 Å². The minimum atomic E-state index is -3.66. The van der Waals surface area contributed by atoms with E-state index < -0.39 is 22.0 Å². The van der Waals surface area contributed by atoms with Crippen molar-refractivity contribution >= 4 is 22.0 Å². The minimum Gasteiger partial charge on any atom is -0.469 e. The minimum absolute atomic E-state index is 0.207. The third-order valence-electron chi connectivity index (χ3n) is 2.19. The van der Waals surface area contributed by atoms with Gasteiger partial charge in [0.1, 0.15) is 6.54 Å². The van der Waals surface area contributed by atoms with Crippen LogP contribution in [-0.2, 0) is 29.1 Å². The zero-order valence-electron chi connectivity index (χ0n) is 10.8. The van der Waals surface area contributed by atoms with Crippen LogP contribution in [0.15, 0.2) is 0 Å². The molecular formula is C10H19NO6S. The highest BCUT2D eigenvalue weighted by Gasteiger charge is 2.25. The average molecular weight is 281 g/mol. The molecule has 0 amide bonds. The molecule has 7 nitrogen and oxygen atoms in total. The first-order chi connectivity index (χ1) is 8.37. The van der Waals surface area contributed by atoms with Crippen molar-refractivity contribution in [3.8, 4) is 0 Å². The van der Waals surface area contributed by atoms with E-state index in [0.29, 0.717) is 6.42 Å². The van der Waals surface area contributed by atoms with Crippen molar-refractivity contribution in [2.75, 3.05) is 33.1 Å². The molecule has 0 rings (SSSR count). The number of hydrogen-bond donors (Lipinski definition) is 0. The van der Waals surface area contributed by atoms with Crippen LogP contribution >= 0.6 is 0 Å². The maximum Gasteiger partial charge on any atom is 0.321 e. The molecule has 0 aliphatic heterocycles. The van der Waals surface area contributed by atoms with Crippen LogP contribution in [0.2, 0.25) is 0 Å². The fourth-order valence-electron chi connectivity index (χ4n) is 1.22. The van der Waals surface area contributed by atoms with E-state index in [1.54, 1.807) is 6.92 Å². The standard InChI is InChI=1S/C10H19NO6S/c1-4-6-11(8-10(13)17-3)18(14,15)7-5-9(12)16-2/h4-8H2,1-3H3. The molecule has 0 fully saturated rings. The van der Waals surface area contributed by atoms with Crippen LogP contribution in [0.5, 0.6) is 0 Å². The number of carbonyl (C=O) groups excluding carboxylic acids is 2. The van der Waals surface area contributed by atoms with Crippen LogP contribution in [0.3, 0.4) is 0 Å². The molecule has 0 aromatic carbocycles. The van der Waals surface area contributed by atoms with Gasteiger partial charge in [-0.2, -0.15) is 4.31 Å². The molecule has 8 heteroatoms. The Kier molecular flexibility index (Phi) is 7.53. The van der Waals surface area contributed by atoms with Gasteiger partial charge in [-0.05, 0) is 6.42 Å². The monoisotopic (exact) mass is 281 g/mol. The summed E-state index contributed by atoms with van der Waals surface area (Å²) in [5.41, 5.74) is 0. The second-order valence-electron chi connectivity index (χ2n) is 3.55. The number of nitrogens with zero attached hydrogens (tertiary/aromatic N) is 1. The lowest BCUT2D eigenvalue weighted by molar-refractivity contribution is -0.141. The van der Waals surface area contributed by atoms with Crippen LogP contribution in [-0.4, -0.2) is 57.7 Å². The number of sulfonamides is 1. The molecule has 106 valence electrons. The molecule has 0 unspecified atom stereocenters. The maximum atomic E-state index is 11.9. The highest BCUT2D eigenvalue weighted by atomic mass is 32.2. The van der Waals surface area contributed by atoms with Gasteiger partial charge in [-0.25, -0.2) is 8.42 Å². The number of methoxy groups -OCH3 is 2. The third kappa shape index (κ3) is 5.97. The molecule has 0 heterocycles. The van der Waals surface area contributed by atoms with Crippen LogP contribution in [0, 0.1) is 0 Å². The predicted molar refractivity (Wildman–Crippen MR) is 64.3 cm³/mol. The van der Waals surface area contributed by atoms with Crippen molar-refractivity contribution in [3.63, 3.8) is 0 Å². The molecule has 0 saturated heterocycles. The Labute approximate surface area is 107 Å². The van der Waals surface area contributed by atoms with Gasteiger partial charge >= 0.3 is 11.9 Å². The smallest absolute Gasteiger partial charge is 0.321 e. The normalized spacial score (nSPS) is 11.3. The summed E-state index contributed by atoms with van der Waals surface area (Å²) >= 11 is 0. The predicted octanol–water partition coefficient (Wildman–Crippen LogP) is -0.236. The zero-order chi connectivity index (χ0) is 14.2. The van der Waals surface area contributed by atoms with Crippen molar-refractivity contribution in [2.45, 2.75) is 19.8 Å². The van der Waals surface area contributed by atoms with Crippen LogP contribution in [0.25, 0.3) is 0 Å². The van der Waals surface area contributed by atoms with Gasteiger partial charge in [-0.3, -0.25) is 9.59 Å². The van der Waals surface area contributed by atoms with Crippen molar-refractivity contribution in [2.24, 2.45) is 0 Å². The van der Waals surface area contributed by atoms with Crippen molar-refractivity contribution in [3.05, 3.63) is 0 Å². The van der Waals surface area contributed by atoms with E-state index in [-0.39, 0.29) is 25.3 Å². The van der Waals surface area contributed by atoms with E-state index in [1.165, 1.54) is 14.2 Å². The third-order valence-corrected chi connectivity index (χ3v) is 4.01. The van der Waals surface area contributed by atoms with E-state index in [9.17, 15) is 18.0 Å². The van der Waals surface area contributed by atoms with Crippen molar-refractivity contribution in [1.29, 1.82) is 0 Å². The van der Waals surface area contributed by atoms with Crippen molar-refractivity contribution in [1.82, 2.24) is 4.31 Å². The molecule has 0 aliphatic rings. The summed E-state index contributed by atoms with van der Waals surface area (Å²) in [6.45, 7) is 1.66. The highest BCUT2D eigenvalue weighted by molar-refractivity contribution is 7.89. The Hall–Kier alpha value is -1.15. The molecule has 18 heavy (non-hydrogen) atoms. The molecule has 0 N–H and O–H groups in total. The Morgan fingerprint density at radius 3 is 2.11 bits per heavy atom. The van der Waals surface area contributed by atoms with E-state index in [0.717, 1.165) is 4.31 Å². The number of carbonyl (C=O) groups is 2. The fraction of sp³-hybridized carbons (Fsp3) is 0.800. The first-order valence-electron chi connectivity index (χ1n) is 5.48. The molecule has 0 bridgehead atoms. The maximum absolute atomic E-state index is 11.9. The lowest BCUT2D eigenvalue weighted by atomic mass is 10.5. The second-order valence-corrected chi connectivity index (χ2v) is 5.64. The lowest BCUT2D eigenvalue weighted by Crippen LogP contribution is -2.38. The summed E-state index contributed by atoms with van der Waals surface area (Å²) in [5.74, 6) is -1.62. The quantitative estimate of drug-likeness (QED) is 0.571. The molecule has 0 atom stereocenters. The summed E-state index contributed by atoms with van der Waals surface area (Å²) in [5, 5.41) is 0. The van der Waals surface area contributed by atoms with Gasteiger partial charge in [-0.1, -0.05) is 6.92 Å². The van der Waals surface area contributed by atoms with Crippen LogP contribution < -0.4 is 0 Å². The Bertz CT molecular complexity index is 378. The van der Waals surface area contributed by atoms with Gasteiger partial charge in [0.05, 0.1) is 26.4 Å². The first-order valence-corrected chi connectivity index (χ1v) is 7.09. The van der Waals surface area contributed by atoms with Gasteiger partial charge < -0.3 is 9.47 Å². The van der Waals surface area contributed by atoms with Gasteiger partial charge in [0, 0.05) is 6.54 Å². The summed E-state index contributed by atoms with van der Waals surface area (Å²) in [6, 6.07) is 0. The highest BCUT2D eigenvalue weighted by Crippen LogP contribution is 2.05. The molecular weight excluding hydrogens is 262 g/mol. The second kappa shape index (κ2) is 8.04. The number of esters is 2. The van der Waals surface area contributed by atoms with Gasteiger partial charge in [0.25, 0.3) is 0 Å². The summed E-state index contributed by atoms with van der Waals surface area (Å²) < 4.78 is 33.6. The van der Waals surface area contributed by atoms with E-state index in [4.69, 9.17) is 0 Å². The largest absolute Gasteiger partial charge is 0.469 e. The molecule has 0 aliphatic carbocycles. The summed E-state index contributed by atoms with van der Waals surface area (Å²) in [7, 11) is -1.29. The lowest BCUT2D eigenvalue weighted by Gasteiger charge is -2.19. The number of hydrogen-bond acceptors (Lipinski definition) is 6. The topological polar surface area (TPSA) is 90.0 Å². The van der Waals surface area contributed by atoms with Gasteiger partial charge in [0.15, 0.2) is 0 Å². The van der Waals surface area contributed by atoms with Gasteiger partial charge in [0.2, 0.25) is 10.0 Å². The van der Waals surface area contributed by atoms with Crippen LogP contribution in [0.1, 0.15) is 19.8 Å². The average Bonchev–Trinajstić information content (AvgIpc) is 2.35. The first kappa shape index (κ1) is 16.9. The Morgan fingerprint density at radius 1 is 1.11 bits per heavy atom. The Morgan fingerprint density at radius 2 is 1.67 bits per heavy atom. The van der Waals surface area contributed by atoms with Crippen molar-refractivity contribution < 1.29 is 27.5 Å². The van der Waals surface area contributed by atoms with E-state index in [2.05, 4.69) is 9.47 Å². The zero-order valence-corrected chi connectivity index (χ0v) is 11.7. The molecule has 0 aromatic heterocycles. The molecule has 0 saturated carbocycles. The number of ether oxygens (including phenoxy) is 2. The molecule has 0 aromatic rings. The molecule has 0 spiro atoms. The summed E-state index contributed by atoms with van der Waals surface area (Å²) in [4.78, 5) is 22.0. The van der Waals surface area contributed by atoms with Crippen LogP contribution in [0.4, 0.5) is 0 Å². The Balaban J connectivity index is 4.65. The number of rotatable bonds is 8. The SMILES string of the molecule is CCCN(CC(=O)OC)S(=O)(=O)CCC(=O)OC. The van der Waals surface area contributed by atoms with Gasteiger partial charge in [-0.15, -0.1) is 0 Å². The summed E-state index contributed by atoms with van der Waals surface area (Å²) in [6.07, 6.45) is 0.328. The molecule has 0 radical (unpaired) electrons. The van der Waals surface area contributed by atoms with E-state index >= 15 is 0 Å².